The van der Waals surface area contributed by atoms with E-state index in [4.69, 9.17) is 9.47 Å². The number of hydrogen-bond donors (Lipinski definition) is 0. The van der Waals surface area contributed by atoms with Crippen molar-refractivity contribution in [2.45, 2.75) is 40.7 Å². The molecule has 1 aromatic heterocycles. The van der Waals surface area contributed by atoms with E-state index in [9.17, 15) is 9.59 Å². The second-order valence-corrected chi connectivity index (χ2v) is 8.68. The van der Waals surface area contributed by atoms with Crippen LogP contribution in [0.3, 0.4) is 0 Å². The van der Waals surface area contributed by atoms with Crippen molar-refractivity contribution in [3.05, 3.63) is 43.3 Å². The van der Waals surface area contributed by atoms with Crippen LogP contribution in [0.2, 0.25) is 0 Å². The van der Waals surface area contributed by atoms with Gasteiger partial charge in [0.25, 0.3) is 5.56 Å². The molecule has 27 heavy (non-hydrogen) atoms. The molecule has 0 bridgehead atoms. The molecule has 2 aromatic rings. The van der Waals surface area contributed by atoms with Gasteiger partial charge in [0.2, 0.25) is 0 Å². The van der Waals surface area contributed by atoms with E-state index in [1.165, 1.54) is 15.9 Å². The lowest BCUT2D eigenvalue weighted by Crippen LogP contribution is -2.30. The molecule has 0 aliphatic carbocycles. The van der Waals surface area contributed by atoms with Crippen molar-refractivity contribution >= 4 is 29.3 Å². The van der Waals surface area contributed by atoms with Crippen LogP contribution in [0.25, 0.3) is 12.2 Å². The van der Waals surface area contributed by atoms with Crippen LogP contribution in [0, 0.1) is 5.41 Å². The largest absolute Gasteiger partial charge is 0.493 e. The highest BCUT2D eigenvalue weighted by atomic mass is 32.1. The Balaban J connectivity index is 2.66. The number of ketones is 1. The minimum Gasteiger partial charge on any atom is -0.493 e. The van der Waals surface area contributed by atoms with Crippen molar-refractivity contribution < 1.29 is 14.3 Å². The number of Topliss-reactive ketones (excluding diaryl/α,β-unsaturated/α-hetero) is 1. The third-order valence-corrected chi connectivity index (χ3v) is 5.04. The van der Waals surface area contributed by atoms with Crippen molar-refractivity contribution in [1.82, 2.24) is 4.57 Å². The van der Waals surface area contributed by atoms with E-state index in [2.05, 4.69) is 0 Å². The Labute approximate surface area is 163 Å². The van der Waals surface area contributed by atoms with Gasteiger partial charge in [0.1, 0.15) is 4.66 Å². The summed E-state index contributed by atoms with van der Waals surface area (Å²) in [4.78, 5) is 25.0. The number of rotatable bonds is 5. The monoisotopic (exact) mass is 389 g/mol. The standard InChI is InChI=1S/C21H27NO4S/c1-13(2)26-19-14(9-8-10-15(19)25-7)11-16-20(24)22(6)18(27-16)12-17(23)21(3,4)5/h8-13H,1-7H3. The van der Waals surface area contributed by atoms with Crippen LogP contribution < -0.4 is 24.2 Å². The first kappa shape index (κ1) is 21.0. The molecule has 0 aliphatic rings. The van der Waals surface area contributed by atoms with Crippen LogP contribution in [-0.4, -0.2) is 23.6 Å². The number of aromatic nitrogens is 1. The zero-order valence-corrected chi connectivity index (χ0v) is 17.8. The highest BCUT2D eigenvalue weighted by Gasteiger charge is 2.19. The van der Waals surface area contributed by atoms with Gasteiger partial charge >= 0.3 is 0 Å². The normalized spacial score (nSPS) is 13.3. The number of para-hydroxylation sites is 1. The molecule has 0 saturated carbocycles. The topological polar surface area (TPSA) is 57.5 Å². The highest BCUT2D eigenvalue weighted by Crippen LogP contribution is 2.32. The van der Waals surface area contributed by atoms with E-state index < -0.39 is 5.41 Å². The zero-order chi connectivity index (χ0) is 20.4. The molecule has 146 valence electrons. The minimum atomic E-state index is -0.491. The molecule has 0 N–H and O–H groups in total. The number of carbonyl (C=O) groups is 1. The maximum atomic E-state index is 12.7. The predicted octanol–water partition coefficient (Wildman–Crippen LogP) is 2.47. The average Bonchev–Trinajstić information content (AvgIpc) is 2.83. The summed E-state index contributed by atoms with van der Waals surface area (Å²) < 4.78 is 14.0. The summed E-state index contributed by atoms with van der Waals surface area (Å²) in [5, 5.41) is 0. The Bertz CT molecular complexity index is 1010. The minimum absolute atomic E-state index is 0.0175. The van der Waals surface area contributed by atoms with Crippen LogP contribution in [0.4, 0.5) is 0 Å². The third-order valence-electron chi connectivity index (χ3n) is 3.92. The summed E-state index contributed by atoms with van der Waals surface area (Å²) in [7, 11) is 3.26. The fourth-order valence-corrected chi connectivity index (χ4v) is 3.37. The molecular formula is C21H27NO4S. The van der Waals surface area contributed by atoms with Gasteiger partial charge < -0.3 is 14.0 Å². The van der Waals surface area contributed by atoms with E-state index in [0.29, 0.717) is 20.7 Å². The maximum Gasteiger partial charge on any atom is 0.268 e. The summed E-state index contributed by atoms with van der Waals surface area (Å²) in [5.41, 5.74) is 0.122. The van der Waals surface area contributed by atoms with E-state index in [0.717, 1.165) is 5.56 Å². The second kappa shape index (κ2) is 8.13. The molecule has 0 unspecified atom stereocenters. The first-order chi connectivity index (χ1) is 12.5. The third kappa shape index (κ3) is 4.89. The number of ether oxygens (including phenoxy) is 2. The smallest absolute Gasteiger partial charge is 0.268 e. The number of hydrogen-bond acceptors (Lipinski definition) is 5. The van der Waals surface area contributed by atoms with Gasteiger partial charge in [-0.1, -0.05) is 32.9 Å². The van der Waals surface area contributed by atoms with Crippen LogP contribution in [0.1, 0.15) is 40.2 Å². The van der Waals surface area contributed by atoms with Gasteiger partial charge in [-0.3, -0.25) is 9.59 Å². The number of carbonyl (C=O) groups excluding carboxylic acids is 1. The van der Waals surface area contributed by atoms with E-state index in [1.54, 1.807) is 26.3 Å². The maximum absolute atomic E-state index is 12.7. The number of thiazole rings is 1. The Morgan fingerprint density at radius 1 is 1.26 bits per heavy atom. The number of methoxy groups -OCH3 is 1. The van der Waals surface area contributed by atoms with Crippen LogP contribution in [-0.2, 0) is 11.8 Å². The molecule has 0 radical (unpaired) electrons. The van der Waals surface area contributed by atoms with Gasteiger partial charge in [-0.05, 0) is 26.0 Å². The van der Waals surface area contributed by atoms with Gasteiger partial charge in [-0.25, -0.2) is 0 Å². The van der Waals surface area contributed by atoms with Gasteiger partial charge in [0.15, 0.2) is 17.3 Å². The molecule has 1 aromatic carbocycles. The lowest BCUT2D eigenvalue weighted by molar-refractivity contribution is -0.120. The lowest BCUT2D eigenvalue weighted by Gasteiger charge is -2.15. The molecule has 0 spiro atoms. The van der Waals surface area contributed by atoms with Crippen molar-refractivity contribution in [3.8, 4) is 11.5 Å². The number of benzene rings is 1. The van der Waals surface area contributed by atoms with Crippen molar-refractivity contribution in [1.29, 1.82) is 0 Å². The average molecular weight is 390 g/mol. The summed E-state index contributed by atoms with van der Waals surface area (Å²) in [6, 6.07) is 5.55. The summed E-state index contributed by atoms with van der Waals surface area (Å²) in [6.07, 6.45) is 3.29. The van der Waals surface area contributed by atoms with Gasteiger partial charge in [-0.15, -0.1) is 11.3 Å². The van der Waals surface area contributed by atoms with E-state index in [-0.39, 0.29) is 17.4 Å². The molecular weight excluding hydrogens is 362 g/mol. The van der Waals surface area contributed by atoms with Gasteiger partial charge in [-0.2, -0.15) is 0 Å². The molecule has 0 atom stereocenters. The van der Waals surface area contributed by atoms with E-state index >= 15 is 0 Å². The highest BCUT2D eigenvalue weighted by molar-refractivity contribution is 7.07. The molecule has 0 saturated heterocycles. The van der Waals surface area contributed by atoms with Crippen LogP contribution in [0.15, 0.2) is 23.0 Å². The summed E-state index contributed by atoms with van der Waals surface area (Å²) in [5.74, 6) is 1.19. The van der Waals surface area contributed by atoms with E-state index in [1.807, 2.05) is 52.8 Å². The molecule has 0 aliphatic heterocycles. The Morgan fingerprint density at radius 3 is 2.48 bits per heavy atom. The SMILES string of the molecule is COc1cccc(C=c2sc(=CC(=O)C(C)(C)C)n(C)c2=O)c1OC(C)C. The van der Waals surface area contributed by atoms with Crippen molar-refractivity contribution in [2.75, 3.05) is 7.11 Å². The fraction of sp³-hybridized carbons (Fsp3) is 0.429. The fourth-order valence-electron chi connectivity index (χ4n) is 2.35. The molecule has 6 heteroatoms. The van der Waals surface area contributed by atoms with Crippen molar-refractivity contribution in [2.24, 2.45) is 12.5 Å². The first-order valence-corrected chi connectivity index (χ1v) is 9.63. The first-order valence-electron chi connectivity index (χ1n) is 8.82. The summed E-state index contributed by atoms with van der Waals surface area (Å²) >= 11 is 1.29. The van der Waals surface area contributed by atoms with Gasteiger partial charge in [0, 0.05) is 24.1 Å². The molecule has 0 fully saturated rings. The predicted molar refractivity (Wildman–Crippen MR) is 110 cm³/mol. The molecule has 1 heterocycles. The Morgan fingerprint density at radius 2 is 1.93 bits per heavy atom. The molecule has 2 rings (SSSR count). The van der Waals surface area contributed by atoms with Crippen LogP contribution >= 0.6 is 11.3 Å². The van der Waals surface area contributed by atoms with Gasteiger partial charge in [0.05, 0.1) is 17.7 Å². The quantitative estimate of drug-likeness (QED) is 0.788. The second-order valence-electron chi connectivity index (χ2n) is 7.62. The Kier molecular flexibility index (Phi) is 6.31. The molecule has 0 amide bonds. The lowest BCUT2D eigenvalue weighted by atomic mass is 9.91. The number of nitrogens with zero attached hydrogens (tertiary/aromatic N) is 1. The molecule has 5 nitrogen and oxygen atoms in total. The Hall–Kier alpha value is -2.34. The summed E-state index contributed by atoms with van der Waals surface area (Å²) in [6.45, 7) is 9.44. The van der Waals surface area contributed by atoms with Crippen LogP contribution in [0.5, 0.6) is 11.5 Å². The zero-order valence-electron chi connectivity index (χ0n) is 17.0. The van der Waals surface area contributed by atoms with Crippen molar-refractivity contribution in [3.63, 3.8) is 0 Å².